The van der Waals surface area contributed by atoms with Gasteiger partial charge in [0, 0.05) is 76.4 Å². The fraction of sp³-hybridized carbons (Fsp3) is 0.433. The average Bonchev–Trinajstić information content (AvgIpc) is 1.58. The minimum Gasteiger partial charge on any atom is -0.364 e. The molecule has 0 bridgehead atoms. The van der Waals surface area contributed by atoms with Crippen LogP contribution in [0.3, 0.4) is 0 Å². The van der Waals surface area contributed by atoms with Crippen LogP contribution in [0.25, 0.3) is 0 Å². The summed E-state index contributed by atoms with van der Waals surface area (Å²) in [5, 5.41) is 3.81. The van der Waals surface area contributed by atoms with Gasteiger partial charge in [-0.1, -0.05) is 52.3 Å². The van der Waals surface area contributed by atoms with Gasteiger partial charge in [0.15, 0.2) is 12.5 Å². The number of halogens is 1. The van der Waals surface area contributed by atoms with E-state index in [1.807, 2.05) is 216 Å². The third-order valence-electron chi connectivity index (χ3n) is 11.1. The van der Waals surface area contributed by atoms with Gasteiger partial charge < -0.3 is 29.4 Å². The number of aromatic nitrogens is 4. The molecular formula is C67H95BrN5O11P3+2. The first-order chi connectivity index (χ1) is 40.3. The summed E-state index contributed by atoms with van der Waals surface area (Å²) in [6, 6.07) is 39.6. The highest BCUT2D eigenvalue weighted by Gasteiger charge is 2.39. The van der Waals surface area contributed by atoms with Crippen LogP contribution in [0.4, 0.5) is 0 Å². The van der Waals surface area contributed by atoms with Crippen molar-refractivity contribution in [1.29, 1.82) is 0 Å². The first-order valence-electron chi connectivity index (χ1n) is 28.7. The highest BCUT2D eigenvalue weighted by Crippen LogP contribution is 2.55. The number of hydrogen-bond donors (Lipinski definition) is 5. The van der Waals surface area contributed by atoms with E-state index in [1.54, 1.807) is 38.5 Å². The zero-order valence-corrected chi connectivity index (χ0v) is 58.8. The predicted octanol–water partition coefficient (Wildman–Crippen LogP) is 18.4. The number of rotatable bonds is 17. The van der Waals surface area contributed by atoms with Gasteiger partial charge in [-0.15, -0.1) is 9.05 Å². The summed E-state index contributed by atoms with van der Waals surface area (Å²) < 4.78 is 83.5. The lowest BCUT2D eigenvalue weighted by Crippen LogP contribution is -2.28. The topological polar surface area (TPSA) is 200 Å². The Hall–Kier alpha value is -5.31. The molecule has 20 heteroatoms. The van der Waals surface area contributed by atoms with Gasteiger partial charge in [0.2, 0.25) is 0 Å². The number of aromatic amines is 4. The molecule has 0 aliphatic carbocycles. The number of ether oxygens (including phenoxy) is 2. The van der Waals surface area contributed by atoms with Crippen molar-refractivity contribution in [2.24, 2.45) is 0 Å². The molecule has 0 fully saturated rings. The van der Waals surface area contributed by atoms with Gasteiger partial charge in [-0.2, -0.15) is 0 Å². The first kappa shape index (κ1) is 74.2. The molecule has 7 aromatic rings. The molecule has 1 aliphatic rings. The summed E-state index contributed by atoms with van der Waals surface area (Å²) in [4.78, 5) is 13.2. The summed E-state index contributed by atoms with van der Waals surface area (Å²) in [5.74, 6) is 0.253. The maximum absolute atomic E-state index is 13.7. The lowest BCUT2D eigenvalue weighted by Gasteiger charge is -2.32. The van der Waals surface area contributed by atoms with Gasteiger partial charge in [-0.05, 0) is 221 Å². The molecule has 16 nitrogen and oxygen atoms in total. The van der Waals surface area contributed by atoms with Gasteiger partial charge in [-0.25, -0.2) is 5.32 Å². The molecule has 0 saturated heterocycles. The van der Waals surface area contributed by atoms with E-state index in [0.717, 1.165) is 27.0 Å². The van der Waals surface area contributed by atoms with E-state index < -0.39 is 63.3 Å². The number of H-pyrrole nitrogens is 4. The molecule has 5 N–H and O–H groups in total. The summed E-state index contributed by atoms with van der Waals surface area (Å²) in [6.07, 6.45) is 15.6. The number of nitrogens with one attached hydrogen (secondary N) is 5. The average molecular weight is 1320 g/mol. The quantitative estimate of drug-likeness (QED) is 0.0329. The molecule has 0 saturated carbocycles. The fourth-order valence-electron chi connectivity index (χ4n) is 8.23. The van der Waals surface area contributed by atoms with Crippen molar-refractivity contribution in [1.82, 2.24) is 25.3 Å². The maximum Gasteiger partial charge on any atom is 0.698 e. The largest absolute Gasteiger partial charge is 0.698 e. The van der Waals surface area contributed by atoms with Gasteiger partial charge in [-0.3, -0.25) is 27.2 Å². The lowest BCUT2D eigenvalue weighted by atomic mass is 9.93. The number of benzene rings is 3. The van der Waals surface area contributed by atoms with Crippen LogP contribution in [-0.2, 0) is 50.3 Å². The smallest absolute Gasteiger partial charge is 0.364 e. The Morgan fingerprint density at radius 1 is 0.437 bits per heavy atom. The molecule has 0 atom stereocenters. The molecular weight excluding hydrogens is 1220 g/mol. The molecule has 1 aliphatic heterocycles. The van der Waals surface area contributed by atoms with Crippen LogP contribution in [0.5, 0.6) is 0 Å². The molecule has 474 valence electrons. The van der Waals surface area contributed by atoms with Crippen molar-refractivity contribution in [2.45, 2.75) is 176 Å². The van der Waals surface area contributed by atoms with Crippen molar-refractivity contribution in [2.75, 3.05) is 14.2 Å². The van der Waals surface area contributed by atoms with Crippen LogP contribution < -0.4 is 15.9 Å². The van der Waals surface area contributed by atoms with Gasteiger partial charge >= 0.3 is 23.4 Å². The fourth-order valence-corrected chi connectivity index (χ4v) is 13.8. The molecule has 0 amide bonds. The Bertz CT molecular complexity index is 3090. The second kappa shape index (κ2) is 32.4. The summed E-state index contributed by atoms with van der Waals surface area (Å²) in [6.45, 7) is 33.4. The Morgan fingerprint density at radius 2 is 0.736 bits per heavy atom. The Morgan fingerprint density at radius 3 is 0.954 bits per heavy atom. The SMILES string of the molecule is Brc1ccc(C(c2ccc[nH]2)c2ccc[nH]2)cc1.CC(C)(C)OP(=O)(OC(C)(C)C)c1ccc(C(c2ccc[nH]2)c2ccc[nH]2)cc1.CC(C)(C)O[P+](=O)OC(C)(C)C.COC(OC)c1ccc(P(=O)(OC(C)(C)C)OC(C)(C)C)cc1.[C+]1=CC=CN1. The third kappa shape index (κ3) is 27.1. The maximum atomic E-state index is 13.7. The van der Waals surface area contributed by atoms with E-state index in [-0.39, 0.29) is 11.8 Å². The van der Waals surface area contributed by atoms with Crippen LogP contribution in [0.15, 0.2) is 169 Å². The highest BCUT2D eigenvalue weighted by atomic mass is 79.9. The van der Waals surface area contributed by atoms with E-state index >= 15 is 0 Å². The van der Waals surface area contributed by atoms with E-state index in [4.69, 9.17) is 36.6 Å². The monoisotopic (exact) mass is 1320 g/mol. The Balaban J connectivity index is 0.000000250. The summed E-state index contributed by atoms with van der Waals surface area (Å²) >= 11 is 3.48. The molecule has 4 aromatic heterocycles. The molecule has 0 spiro atoms. The molecule has 87 heavy (non-hydrogen) atoms. The minimum atomic E-state index is -3.50. The third-order valence-corrected chi connectivity index (χ3v) is 18.0. The highest BCUT2D eigenvalue weighted by molar-refractivity contribution is 9.10. The Labute approximate surface area is 527 Å². The standard InChI is InChI=1S/C23H31N2O3P.C17H29O5P.C15H13BrN2.C8H18O3P.C4H4N/c1-22(2,3)27-29(26,28-23(4,5)6)18-13-11-17(12-14-18)21(19-9-7-15-24-19)20-10-8-16-25-20;1-16(2,3)21-23(18,22-17(4,5)6)14-11-9-13(10-12-14)15(19-7)20-8;16-12-7-5-11(6-8-12)15(13-3-1-9-17-13)14-4-2-10-18-14;1-7(2,3)10-12(9)11-8(4,5)6;1-2-4-5-3-1/h7-16,21,24-25H,1-6H3;9-12,15H,1-8H3;1-10,15,17-18H;1-6H3;1-3,5H/q;;;2*+1. The summed E-state index contributed by atoms with van der Waals surface area (Å²) in [7, 11) is -5.83. The van der Waals surface area contributed by atoms with Crippen molar-refractivity contribution in [3.63, 3.8) is 0 Å². The van der Waals surface area contributed by atoms with Gasteiger partial charge in [0.25, 0.3) is 0 Å². The van der Waals surface area contributed by atoms with Crippen molar-refractivity contribution >= 4 is 50.0 Å². The predicted molar refractivity (Wildman–Crippen MR) is 356 cm³/mol. The van der Waals surface area contributed by atoms with Crippen LogP contribution >= 0.6 is 39.4 Å². The molecule has 0 radical (unpaired) electrons. The zero-order valence-electron chi connectivity index (χ0n) is 54.5. The molecule has 3 aromatic carbocycles. The molecule has 5 heterocycles. The number of hydrogen-bond acceptors (Lipinski definition) is 12. The van der Waals surface area contributed by atoms with Crippen LogP contribution in [0, 0.1) is 6.20 Å². The van der Waals surface area contributed by atoms with Crippen molar-refractivity contribution in [3.05, 3.63) is 215 Å². The van der Waals surface area contributed by atoms with Crippen molar-refractivity contribution in [3.8, 4) is 0 Å². The van der Waals surface area contributed by atoms with Crippen LogP contribution in [0.2, 0.25) is 0 Å². The Kier molecular flexibility index (Phi) is 27.6. The number of methoxy groups -OCH3 is 2. The first-order valence-corrected chi connectivity index (χ1v) is 33.7. The van der Waals surface area contributed by atoms with E-state index in [0.29, 0.717) is 10.6 Å². The molecule has 0 unspecified atom stereocenters. The van der Waals surface area contributed by atoms with Gasteiger partial charge in [0.05, 0.1) is 44.8 Å². The second-order valence-electron chi connectivity index (χ2n) is 26.2. The zero-order chi connectivity index (χ0) is 65.1. The molecule has 8 rings (SSSR count). The van der Waals surface area contributed by atoms with E-state index in [2.05, 4.69) is 95.9 Å². The number of allylic oxidation sites excluding steroid dienone is 2. The summed E-state index contributed by atoms with van der Waals surface area (Å²) in [5.41, 5.74) is 4.50. The van der Waals surface area contributed by atoms with Gasteiger partial charge in [0.1, 0.15) is 29.6 Å². The van der Waals surface area contributed by atoms with E-state index in [9.17, 15) is 13.7 Å². The van der Waals surface area contributed by atoms with Crippen molar-refractivity contribution < 1.29 is 50.3 Å². The minimum absolute atomic E-state index is 0.0282. The lowest BCUT2D eigenvalue weighted by molar-refractivity contribution is -0.106. The van der Waals surface area contributed by atoms with Crippen LogP contribution in [-0.4, -0.2) is 67.8 Å². The normalized spacial score (nSPS) is 12.9. The second-order valence-corrected chi connectivity index (χ2v) is 31.6. The van der Waals surface area contributed by atoms with Crippen LogP contribution in [0.1, 0.15) is 182 Å². The van der Waals surface area contributed by atoms with E-state index in [1.165, 1.54) is 17.0 Å².